The lowest BCUT2D eigenvalue weighted by Crippen LogP contribution is -2.43. The lowest BCUT2D eigenvalue weighted by molar-refractivity contribution is 0.0514. The van der Waals surface area contributed by atoms with E-state index in [4.69, 9.17) is 4.74 Å². The Labute approximate surface area is 132 Å². The van der Waals surface area contributed by atoms with E-state index >= 15 is 0 Å². The molecule has 122 valence electrons. The van der Waals surface area contributed by atoms with Gasteiger partial charge in [-0.2, -0.15) is 0 Å². The van der Waals surface area contributed by atoms with Crippen LogP contribution in [0.4, 0.5) is 10.1 Å². The summed E-state index contributed by atoms with van der Waals surface area (Å²) >= 11 is 0. The molecule has 0 saturated carbocycles. The van der Waals surface area contributed by atoms with Gasteiger partial charge in [0.2, 0.25) is 0 Å². The summed E-state index contributed by atoms with van der Waals surface area (Å²) in [5.74, 6) is 0.631. The van der Waals surface area contributed by atoms with Crippen molar-refractivity contribution < 1.29 is 9.13 Å². The largest absolute Gasteiger partial charge is 0.381 e. The highest BCUT2D eigenvalue weighted by Crippen LogP contribution is 2.23. The molecule has 2 heterocycles. The van der Waals surface area contributed by atoms with Crippen LogP contribution in [0.3, 0.4) is 0 Å². The first-order valence-electron chi connectivity index (χ1n) is 8.63. The van der Waals surface area contributed by atoms with Gasteiger partial charge in [-0.25, -0.2) is 4.39 Å². The van der Waals surface area contributed by atoms with Crippen LogP contribution < -0.4 is 10.2 Å². The highest BCUT2D eigenvalue weighted by Gasteiger charge is 2.21. The van der Waals surface area contributed by atoms with Crippen LogP contribution in [-0.2, 0) is 4.74 Å². The molecule has 0 bridgehead atoms. The molecule has 0 spiro atoms. The minimum atomic E-state index is -0.105. The average Bonchev–Trinajstić information content (AvgIpc) is 2.57. The van der Waals surface area contributed by atoms with Crippen molar-refractivity contribution in [3.05, 3.63) is 30.1 Å². The van der Waals surface area contributed by atoms with Gasteiger partial charge in [0.25, 0.3) is 0 Å². The standard InChI is InChI=1S/C18H27FN2O/c19-17-5-1-2-6-18(17)21-11-8-16(9-12-21)20-10-7-15-4-3-13-22-14-15/h1-2,5-6,15-16,20H,3-4,7-14H2. The third-order valence-electron chi connectivity index (χ3n) is 4.93. The highest BCUT2D eigenvalue weighted by atomic mass is 19.1. The van der Waals surface area contributed by atoms with E-state index in [1.807, 2.05) is 12.1 Å². The van der Waals surface area contributed by atoms with Crippen LogP contribution in [0.5, 0.6) is 0 Å². The zero-order chi connectivity index (χ0) is 15.2. The Morgan fingerprint density at radius 3 is 2.73 bits per heavy atom. The van der Waals surface area contributed by atoms with Crippen molar-refractivity contribution in [2.45, 2.75) is 38.1 Å². The Balaban J connectivity index is 1.37. The number of rotatable bonds is 5. The van der Waals surface area contributed by atoms with Crippen LogP contribution in [-0.4, -0.2) is 38.9 Å². The number of nitrogens with one attached hydrogen (secondary N) is 1. The maximum atomic E-state index is 13.8. The molecule has 22 heavy (non-hydrogen) atoms. The number of ether oxygens (including phenoxy) is 1. The quantitative estimate of drug-likeness (QED) is 0.904. The molecule has 0 amide bonds. The second kappa shape index (κ2) is 7.93. The molecule has 0 aliphatic carbocycles. The maximum Gasteiger partial charge on any atom is 0.146 e. The third-order valence-corrected chi connectivity index (χ3v) is 4.93. The first kappa shape index (κ1) is 15.8. The van der Waals surface area contributed by atoms with Crippen molar-refractivity contribution >= 4 is 5.69 Å². The predicted molar refractivity (Wildman–Crippen MR) is 87.8 cm³/mol. The number of hydrogen-bond donors (Lipinski definition) is 1. The molecular weight excluding hydrogens is 279 g/mol. The first-order chi connectivity index (χ1) is 10.8. The van der Waals surface area contributed by atoms with Gasteiger partial charge in [0.15, 0.2) is 0 Å². The van der Waals surface area contributed by atoms with Gasteiger partial charge in [-0.1, -0.05) is 12.1 Å². The van der Waals surface area contributed by atoms with Crippen LogP contribution >= 0.6 is 0 Å². The molecule has 3 rings (SSSR count). The van der Waals surface area contributed by atoms with E-state index in [1.165, 1.54) is 19.3 Å². The molecule has 2 fully saturated rings. The van der Waals surface area contributed by atoms with Gasteiger partial charge >= 0.3 is 0 Å². The highest BCUT2D eigenvalue weighted by molar-refractivity contribution is 5.47. The summed E-state index contributed by atoms with van der Waals surface area (Å²) in [7, 11) is 0. The van der Waals surface area contributed by atoms with Crippen LogP contribution in [0.25, 0.3) is 0 Å². The molecule has 2 aliphatic rings. The fraction of sp³-hybridized carbons (Fsp3) is 0.667. The first-order valence-corrected chi connectivity index (χ1v) is 8.63. The normalized spacial score (nSPS) is 23.7. The van der Waals surface area contributed by atoms with Gasteiger partial charge in [-0.15, -0.1) is 0 Å². The number of hydrogen-bond acceptors (Lipinski definition) is 3. The van der Waals surface area contributed by atoms with E-state index in [9.17, 15) is 4.39 Å². The molecule has 1 atom stereocenters. The SMILES string of the molecule is Fc1ccccc1N1CCC(NCCC2CCCOC2)CC1. The average molecular weight is 306 g/mol. The number of para-hydroxylation sites is 1. The van der Waals surface area contributed by atoms with E-state index in [0.717, 1.165) is 57.3 Å². The molecule has 2 saturated heterocycles. The molecule has 1 aromatic carbocycles. The number of piperidine rings is 1. The van der Waals surface area contributed by atoms with Gasteiger partial charge < -0.3 is 15.0 Å². The predicted octanol–water partition coefficient (Wildman–Crippen LogP) is 3.20. The van der Waals surface area contributed by atoms with E-state index in [2.05, 4.69) is 10.2 Å². The van der Waals surface area contributed by atoms with Crippen molar-refractivity contribution in [2.75, 3.05) is 37.7 Å². The summed E-state index contributed by atoms with van der Waals surface area (Å²) in [6.45, 7) is 4.83. The molecule has 0 radical (unpaired) electrons. The molecule has 1 N–H and O–H groups in total. The monoisotopic (exact) mass is 306 g/mol. The van der Waals surface area contributed by atoms with Gasteiger partial charge in [0, 0.05) is 32.3 Å². The van der Waals surface area contributed by atoms with Gasteiger partial charge in [-0.05, 0) is 56.7 Å². The van der Waals surface area contributed by atoms with Gasteiger partial charge in [0.05, 0.1) is 5.69 Å². The van der Waals surface area contributed by atoms with Crippen LogP contribution in [0.1, 0.15) is 32.1 Å². The minimum Gasteiger partial charge on any atom is -0.381 e. The Morgan fingerprint density at radius 1 is 1.18 bits per heavy atom. The second-order valence-electron chi connectivity index (χ2n) is 6.54. The molecule has 2 aliphatic heterocycles. The van der Waals surface area contributed by atoms with Crippen molar-refractivity contribution in [1.29, 1.82) is 0 Å². The van der Waals surface area contributed by atoms with Crippen molar-refractivity contribution in [1.82, 2.24) is 5.32 Å². The second-order valence-corrected chi connectivity index (χ2v) is 6.54. The number of nitrogens with zero attached hydrogens (tertiary/aromatic N) is 1. The van der Waals surface area contributed by atoms with Crippen LogP contribution in [0, 0.1) is 11.7 Å². The van der Waals surface area contributed by atoms with Gasteiger partial charge in [0.1, 0.15) is 5.82 Å². The zero-order valence-corrected chi connectivity index (χ0v) is 13.3. The topological polar surface area (TPSA) is 24.5 Å². The number of benzene rings is 1. The fourth-order valence-electron chi connectivity index (χ4n) is 3.56. The lowest BCUT2D eigenvalue weighted by atomic mass is 9.98. The summed E-state index contributed by atoms with van der Waals surface area (Å²) < 4.78 is 19.3. The van der Waals surface area contributed by atoms with Crippen LogP contribution in [0.15, 0.2) is 24.3 Å². The molecule has 3 nitrogen and oxygen atoms in total. The molecule has 1 unspecified atom stereocenters. The Morgan fingerprint density at radius 2 is 2.00 bits per heavy atom. The summed E-state index contributed by atoms with van der Waals surface area (Å²) in [6.07, 6.45) is 5.93. The third kappa shape index (κ3) is 4.20. The van der Waals surface area contributed by atoms with E-state index in [-0.39, 0.29) is 5.82 Å². The Kier molecular flexibility index (Phi) is 5.68. The molecular formula is C18H27FN2O. The number of anilines is 1. The maximum absolute atomic E-state index is 13.8. The Bertz CT molecular complexity index is 454. The smallest absolute Gasteiger partial charge is 0.146 e. The van der Waals surface area contributed by atoms with Crippen molar-refractivity contribution in [3.63, 3.8) is 0 Å². The van der Waals surface area contributed by atoms with Crippen molar-refractivity contribution in [3.8, 4) is 0 Å². The van der Waals surface area contributed by atoms with E-state index < -0.39 is 0 Å². The van der Waals surface area contributed by atoms with E-state index in [0.29, 0.717) is 6.04 Å². The minimum absolute atomic E-state index is 0.105. The summed E-state index contributed by atoms with van der Waals surface area (Å²) in [5, 5.41) is 3.68. The van der Waals surface area contributed by atoms with Crippen molar-refractivity contribution in [2.24, 2.45) is 5.92 Å². The van der Waals surface area contributed by atoms with E-state index in [1.54, 1.807) is 12.1 Å². The Hall–Kier alpha value is -1.13. The fourth-order valence-corrected chi connectivity index (χ4v) is 3.56. The lowest BCUT2D eigenvalue weighted by Gasteiger charge is -2.34. The summed E-state index contributed by atoms with van der Waals surface area (Å²) in [6, 6.07) is 7.67. The summed E-state index contributed by atoms with van der Waals surface area (Å²) in [4.78, 5) is 2.17. The van der Waals surface area contributed by atoms with Crippen LogP contribution in [0.2, 0.25) is 0 Å². The zero-order valence-electron chi connectivity index (χ0n) is 13.3. The molecule has 4 heteroatoms. The number of halogens is 1. The molecule has 1 aromatic rings. The summed E-state index contributed by atoms with van der Waals surface area (Å²) in [5.41, 5.74) is 0.750. The van der Waals surface area contributed by atoms with Gasteiger partial charge in [-0.3, -0.25) is 0 Å². The molecule has 0 aromatic heterocycles.